The molecular weight excluding hydrogens is 482 g/mol. The van der Waals surface area contributed by atoms with Crippen LogP contribution in [0.25, 0.3) is 0 Å². The number of amides is 4. The van der Waals surface area contributed by atoms with E-state index in [0.29, 0.717) is 48.9 Å². The lowest BCUT2D eigenvalue weighted by molar-refractivity contribution is 0.0438. The molecule has 0 atom stereocenters. The predicted octanol–water partition coefficient (Wildman–Crippen LogP) is 4.63. The van der Waals surface area contributed by atoms with Crippen molar-refractivity contribution in [2.75, 3.05) is 31.5 Å². The number of benzene rings is 2. The standard InChI is InChI=1S/C29H35N5O4/c1-19-5-8-23(26(35)33-13-11-22(12-14-33)21-9-6-20(16-30)7-10-21)15-25(19)32-27(36)34-17-24(18-34)31-28(37)38-29(2,3)4/h5-10,15,22,24H,11-14,17-18H2,1-4H3,(H,31,37)(H,32,36). The van der Waals surface area contributed by atoms with Gasteiger partial charge in [-0.05, 0) is 81.8 Å². The van der Waals surface area contributed by atoms with Crippen LogP contribution in [0.5, 0.6) is 0 Å². The highest BCUT2D eigenvalue weighted by Crippen LogP contribution is 2.29. The summed E-state index contributed by atoms with van der Waals surface area (Å²) < 4.78 is 5.26. The lowest BCUT2D eigenvalue weighted by Crippen LogP contribution is -2.62. The Labute approximate surface area is 223 Å². The molecule has 38 heavy (non-hydrogen) atoms. The van der Waals surface area contributed by atoms with Crippen molar-refractivity contribution in [3.8, 4) is 6.07 Å². The molecule has 200 valence electrons. The van der Waals surface area contributed by atoms with Crippen molar-refractivity contribution in [1.82, 2.24) is 15.1 Å². The van der Waals surface area contributed by atoms with Crippen LogP contribution in [0.2, 0.25) is 0 Å². The fourth-order valence-electron chi connectivity index (χ4n) is 4.72. The number of rotatable bonds is 4. The van der Waals surface area contributed by atoms with E-state index in [4.69, 9.17) is 10.00 Å². The number of carbonyl (C=O) groups is 3. The molecule has 4 rings (SSSR count). The first-order valence-electron chi connectivity index (χ1n) is 13.0. The molecule has 9 nitrogen and oxygen atoms in total. The number of nitrogens with zero attached hydrogens (tertiary/aromatic N) is 3. The van der Waals surface area contributed by atoms with E-state index in [2.05, 4.69) is 16.7 Å². The second kappa shape index (κ2) is 11.1. The van der Waals surface area contributed by atoms with Crippen LogP contribution in [0.3, 0.4) is 0 Å². The normalized spacial score (nSPS) is 16.3. The Morgan fingerprint density at radius 2 is 1.66 bits per heavy atom. The van der Waals surface area contributed by atoms with Gasteiger partial charge in [-0.3, -0.25) is 4.79 Å². The van der Waals surface area contributed by atoms with Crippen molar-refractivity contribution >= 4 is 23.7 Å². The first kappa shape index (κ1) is 27.0. The molecule has 0 radical (unpaired) electrons. The number of ether oxygens (including phenoxy) is 1. The zero-order valence-electron chi connectivity index (χ0n) is 22.4. The number of aryl methyl sites for hydroxylation is 1. The van der Waals surface area contributed by atoms with Crippen LogP contribution in [0, 0.1) is 18.3 Å². The molecule has 2 aromatic rings. The van der Waals surface area contributed by atoms with E-state index < -0.39 is 11.7 Å². The van der Waals surface area contributed by atoms with E-state index >= 15 is 0 Å². The van der Waals surface area contributed by atoms with E-state index in [1.807, 2.05) is 42.2 Å². The molecule has 2 saturated heterocycles. The molecule has 0 bridgehead atoms. The summed E-state index contributed by atoms with van der Waals surface area (Å²) in [6.45, 7) is 9.36. The molecule has 2 aliphatic rings. The average molecular weight is 518 g/mol. The highest BCUT2D eigenvalue weighted by molar-refractivity contribution is 5.97. The lowest BCUT2D eigenvalue weighted by atomic mass is 9.89. The quantitative estimate of drug-likeness (QED) is 0.614. The highest BCUT2D eigenvalue weighted by Gasteiger charge is 2.33. The number of anilines is 1. The number of nitriles is 1. The summed E-state index contributed by atoms with van der Waals surface area (Å²) in [4.78, 5) is 41.4. The Hall–Kier alpha value is -4.06. The summed E-state index contributed by atoms with van der Waals surface area (Å²) in [5.74, 6) is 0.314. The maximum Gasteiger partial charge on any atom is 0.407 e. The number of likely N-dealkylation sites (tertiary alicyclic amines) is 2. The minimum Gasteiger partial charge on any atom is -0.444 e. The smallest absolute Gasteiger partial charge is 0.407 e. The topological polar surface area (TPSA) is 115 Å². The van der Waals surface area contributed by atoms with Crippen LogP contribution in [-0.4, -0.2) is 65.7 Å². The van der Waals surface area contributed by atoms with Crippen LogP contribution in [0.1, 0.15) is 66.6 Å². The number of piperidine rings is 1. The van der Waals surface area contributed by atoms with Crippen molar-refractivity contribution < 1.29 is 19.1 Å². The van der Waals surface area contributed by atoms with Gasteiger partial charge in [0.05, 0.1) is 17.7 Å². The summed E-state index contributed by atoms with van der Waals surface area (Å²) in [7, 11) is 0. The minimum absolute atomic E-state index is 0.0515. The van der Waals surface area contributed by atoms with Gasteiger partial charge in [0.25, 0.3) is 5.91 Å². The second-order valence-electron chi connectivity index (χ2n) is 11.0. The van der Waals surface area contributed by atoms with Gasteiger partial charge in [-0.15, -0.1) is 0 Å². The third kappa shape index (κ3) is 6.62. The van der Waals surface area contributed by atoms with Gasteiger partial charge in [0.15, 0.2) is 0 Å². The van der Waals surface area contributed by atoms with E-state index in [1.165, 1.54) is 5.56 Å². The highest BCUT2D eigenvalue weighted by atomic mass is 16.6. The Morgan fingerprint density at radius 1 is 1.00 bits per heavy atom. The van der Waals surface area contributed by atoms with Crippen molar-refractivity contribution in [2.24, 2.45) is 0 Å². The van der Waals surface area contributed by atoms with Crippen LogP contribution in [0.15, 0.2) is 42.5 Å². The molecule has 0 unspecified atom stereocenters. The van der Waals surface area contributed by atoms with Gasteiger partial charge in [0, 0.05) is 37.4 Å². The van der Waals surface area contributed by atoms with Crippen LogP contribution >= 0.6 is 0 Å². The van der Waals surface area contributed by atoms with Gasteiger partial charge in [0.1, 0.15) is 5.60 Å². The zero-order chi connectivity index (χ0) is 27.4. The molecule has 0 aromatic heterocycles. The average Bonchev–Trinajstić information content (AvgIpc) is 2.86. The molecule has 0 spiro atoms. The largest absolute Gasteiger partial charge is 0.444 e. The zero-order valence-corrected chi connectivity index (χ0v) is 22.4. The first-order valence-corrected chi connectivity index (χ1v) is 13.0. The van der Waals surface area contributed by atoms with Crippen molar-refractivity contribution in [3.63, 3.8) is 0 Å². The molecule has 2 aromatic carbocycles. The summed E-state index contributed by atoms with van der Waals surface area (Å²) in [6.07, 6.45) is 1.23. The number of carbonyl (C=O) groups excluding carboxylic acids is 3. The summed E-state index contributed by atoms with van der Waals surface area (Å²) in [5, 5.41) is 14.7. The van der Waals surface area contributed by atoms with Crippen molar-refractivity contribution in [3.05, 3.63) is 64.7 Å². The van der Waals surface area contributed by atoms with Crippen LogP contribution in [-0.2, 0) is 4.74 Å². The van der Waals surface area contributed by atoms with Gasteiger partial charge < -0.3 is 25.2 Å². The summed E-state index contributed by atoms with van der Waals surface area (Å²) >= 11 is 0. The monoisotopic (exact) mass is 517 g/mol. The Bertz CT molecular complexity index is 1230. The number of urea groups is 1. The molecule has 2 aliphatic heterocycles. The molecule has 2 N–H and O–H groups in total. The predicted molar refractivity (Wildman–Crippen MR) is 144 cm³/mol. The maximum atomic E-state index is 13.2. The molecule has 2 fully saturated rings. The number of alkyl carbamates (subject to hydrolysis) is 1. The van der Waals surface area contributed by atoms with E-state index in [-0.39, 0.29) is 18.0 Å². The Morgan fingerprint density at radius 3 is 2.26 bits per heavy atom. The Balaban J connectivity index is 1.29. The molecular formula is C29H35N5O4. The number of nitrogens with one attached hydrogen (secondary N) is 2. The summed E-state index contributed by atoms with van der Waals surface area (Å²) in [6, 6.07) is 14.8. The van der Waals surface area contributed by atoms with Gasteiger partial charge in [-0.25, -0.2) is 9.59 Å². The van der Waals surface area contributed by atoms with Gasteiger partial charge in [-0.2, -0.15) is 5.26 Å². The third-order valence-corrected chi connectivity index (χ3v) is 6.91. The SMILES string of the molecule is Cc1ccc(C(=O)N2CCC(c3ccc(C#N)cc3)CC2)cc1NC(=O)N1CC(NC(=O)OC(C)(C)C)C1. The summed E-state index contributed by atoms with van der Waals surface area (Å²) in [5.41, 5.74) is 3.26. The molecule has 2 heterocycles. The van der Waals surface area contributed by atoms with E-state index in [1.54, 1.807) is 37.8 Å². The third-order valence-electron chi connectivity index (χ3n) is 6.91. The molecule has 4 amide bonds. The minimum atomic E-state index is -0.578. The molecule has 0 saturated carbocycles. The van der Waals surface area contributed by atoms with Crippen molar-refractivity contribution in [1.29, 1.82) is 5.26 Å². The first-order chi connectivity index (χ1) is 18.0. The van der Waals surface area contributed by atoms with E-state index in [0.717, 1.165) is 18.4 Å². The molecule has 0 aliphatic carbocycles. The van der Waals surface area contributed by atoms with Gasteiger partial charge >= 0.3 is 12.1 Å². The lowest BCUT2D eigenvalue weighted by Gasteiger charge is -2.39. The maximum absolute atomic E-state index is 13.2. The van der Waals surface area contributed by atoms with Crippen LogP contribution < -0.4 is 10.6 Å². The van der Waals surface area contributed by atoms with Gasteiger partial charge in [-0.1, -0.05) is 18.2 Å². The second-order valence-corrected chi connectivity index (χ2v) is 11.0. The van der Waals surface area contributed by atoms with Crippen molar-refractivity contribution in [2.45, 2.75) is 58.1 Å². The van der Waals surface area contributed by atoms with Gasteiger partial charge in [0.2, 0.25) is 0 Å². The molecule has 9 heteroatoms. The Kier molecular flexibility index (Phi) is 7.91. The van der Waals surface area contributed by atoms with E-state index in [9.17, 15) is 14.4 Å². The fraction of sp³-hybridized carbons (Fsp3) is 0.448. The number of hydrogen-bond acceptors (Lipinski definition) is 5. The fourth-order valence-corrected chi connectivity index (χ4v) is 4.72. The van der Waals surface area contributed by atoms with Crippen LogP contribution in [0.4, 0.5) is 15.3 Å². The number of hydrogen-bond donors (Lipinski definition) is 2.